The topological polar surface area (TPSA) is 12.9 Å². The first-order valence-corrected chi connectivity index (χ1v) is 24.2. The fraction of sp³-hybridized carbons (Fsp3) is 0.0152. The number of benzene rings is 10. The van der Waals surface area contributed by atoms with E-state index in [1.165, 1.54) is 127 Å². The van der Waals surface area contributed by atoms with Crippen LogP contribution in [0.3, 0.4) is 0 Å². The van der Waals surface area contributed by atoms with Gasteiger partial charge in [-0.3, -0.25) is 0 Å². The molecular formula is C66H41NS. The molecule has 1 spiro atoms. The lowest BCUT2D eigenvalue weighted by Gasteiger charge is -2.30. The molecule has 0 aliphatic heterocycles. The molecule has 12 aromatic rings. The summed E-state index contributed by atoms with van der Waals surface area (Å²) in [7, 11) is 0. The molecule has 2 aromatic heterocycles. The monoisotopic (exact) mass is 879 g/mol. The molecule has 0 amide bonds. The van der Waals surface area contributed by atoms with E-state index in [0.717, 1.165) is 4.83 Å². The van der Waals surface area contributed by atoms with Crippen molar-refractivity contribution in [3.8, 4) is 89.0 Å². The maximum Gasteiger partial charge on any atom is 0.124 e. The second-order valence-electron chi connectivity index (χ2n) is 18.2. The van der Waals surface area contributed by atoms with E-state index in [1.54, 1.807) is 11.3 Å². The smallest absolute Gasteiger partial charge is 0.124 e. The van der Waals surface area contributed by atoms with Crippen molar-refractivity contribution in [2.45, 2.75) is 5.41 Å². The van der Waals surface area contributed by atoms with Gasteiger partial charge in [0.05, 0.1) is 5.41 Å². The molecule has 0 N–H and O–H groups in total. The predicted molar refractivity (Wildman–Crippen MR) is 286 cm³/mol. The minimum Gasteiger partial charge on any atom is -0.245 e. The van der Waals surface area contributed by atoms with Crippen LogP contribution in [-0.2, 0) is 5.41 Å². The third kappa shape index (κ3) is 5.98. The van der Waals surface area contributed by atoms with Crippen LogP contribution in [0, 0.1) is 0 Å². The molecule has 0 unspecified atom stereocenters. The number of nitrogens with zero attached hydrogens (tertiary/aromatic N) is 1. The van der Waals surface area contributed by atoms with E-state index in [-0.39, 0.29) is 5.41 Å². The van der Waals surface area contributed by atoms with Crippen LogP contribution in [0.15, 0.2) is 249 Å². The third-order valence-corrected chi connectivity index (χ3v) is 15.6. The van der Waals surface area contributed by atoms with Gasteiger partial charge in [-0.05, 0) is 166 Å². The van der Waals surface area contributed by atoms with Crippen molar-refractivity contribution in [3.63, 3.8) is 0 Å². The molecule has 2 aliphatic rings. The first kappa shape index (κ1) is 38.8. The van der Waals surface area contributed by atoms with E-state index in [9.17, 15) is 0 Å². The Bertz CT molecular complexity index is 3960. The van der Waals surface area contributed by atoms with Crippen molar-refractivity contribution in [2.24, 2.45) is 0 Å². The molecule has 0 atom stereocenters. The fourth-order valence-corrected chi connectivity index (χ4v) is 12.5. The summed E-state index contributed by atoms with van der Waals surface area (Å²) in [5, 5.41) is 2.49. The normalized spacial score (nSPS) is 12.8. The number of thiophene rings is 1. The van der Waals surface area contributed by atoms with Crippen LogP contribution in [0.4, 0.5) is 0 Å². The second-order valence-corrected chi connectivity index (χ2v) is 19.3. The summed E-state index contributed by atoms with van der Waals surface area (Å²) < 4.78 is 1.26. The van der Waals surface area contributed by atoms with Gasteiger partial charge in [-0.2, -0.15) is 0 Å². The summed E-state index contributed by atoms with van der Waals surface area (Å²) in [6, 6.07) is 90.1. The SMILES string of the molecule is c1cc(-c2cccc(-c3cccc(-c4ccc5c(c4)-c4ccccc4C54c5ccccc5-c5ccccc54)c3)c2)cc(-c2cccc(-c3cccc(-c4ccc5c(c4)sc4ncccc45)c3)c2)c1. The molecular weight excluding hydrogens is 839 g/mol. The number of hydrogen-bond donors (Lipinski definition) is 0. The Balaban J connectivity index is 0.768. The second kappa shape index (κ2) is 15.3. The van der Waals surface area contributed by atoms with Gasteiger partial charge in [0.2, 0.25) is 0 Å². The number of rotatable bonds is 6. The molecule has 0 fully saturated rings. The molecule has 68 heavy (non-hydrogen) atoms. The van der Waals surface area contributed by atoms with Gasteiger partial charge in [0.25, 0.3) is 0 Å². The highest BCUT2D eigenvalue weighted by Gasteiger charge is 2.51. The Hall–Kier alpha value is -8.43. The average Bonchev–Trinajstić information content (AvgIpc) is 4.05. The summed E-state index contributed by atoms with van der Waals surface area (Å²) in [5.74, 6) is 0. The summed E-state index contributed by atoms with van der Waals surface area (Å²) in [5.41, 5.74) is 24.9. The Morgan fingerprint density at radius 1 is 0.265 bits per heavy atom. The lowest BCUT2D eigenvalue weighted by Crippen LogP contribution is -2.25. The maximum absolute atomic E-state index is 4.61. The summed E-state index contributed by atoms with van der Waals surface area (Å²) in [6.45, 7) is 0. The van der Waals surface area contributed by atoms with Crippen LogP contribution in [0.2, 0.25) is 0 Å². The first-order valence-electron chi connectivity index (χ1n) is 23.4. The average molecular weight is 880 g/mol. The van der Waals surface area contributed by atoms with Crippen molar-refractivity contribution in [3.05, 3.63) is 271 Å². The summed E-state index contributed by atoms with van der Waals surface area (Å²) in [4.78, 5) is 5.69. The van der Waals surface area contributed by atoms with E-state index in [2.05, 4.69) is 242 Å². The van der Waals surface area contributed by atoms with Crippen molar-refractivity contribution in [1.29, 1.82) is 0 Å². The zero-order valence-electron chi connectivity index (χ0n) is 37.0. The highest BCUT2D eigenvalue weighted by molar-refractivity contribution is 7.25. The molecule has 2 heterocycles. The first-order chi connectivity index (χ1) is 33.7. The molecule has 10 aromatic carbocycles. The fourth-order valence-electron chi connectivity index (χ4n) is 11.5. The van der Waals surface area contributed by atoms with Crippen molar-refractivity contribution >= 4 is 31.6 Å². The Labute approximate surface area is 400 Å². The van der Waals surface area contributed by atoms with Crippen molar-refractivity contribution < 1.29 is 0 Å². The van der Waals surface area contributed by atoms with Gasteiger partial charge in [-0.1, -0.05) is 188 Å². The van der Waals surface area contributed by atoms with Crippen molar-refractivity contribution in [1.82, 2.24) is 4.98 Å². The number of aromatic nitrogens is 1. The summed E-state index contributed by atoms with van der Waals surface area (Å²) >= 11 is 1.76. The van der Waals surface area contributed by atoms with E-state index in [1.807, 2.05) is 12.3 Å². The van der Waals surface area contributed by atoms with Gasteiger partial charge in [-0.25, -0.2) is 4.98 Å². The minimum atomic E-state index is -0.332. The molecule has 14 rings (SSSR count). The molecule has 0 saturated carbocycles. The van der Waals surface area contributed by atoms with E-state index < -0.39 is 0 Å². The molecule has 316 valence electrons. The van der Waals surface area contributed by atoms with Gasteiger partial charge in [0, 0.05) is 21.7 Å². The van der Waals surface area contributed by atoms with E-state index in [0.29, 0.717) is 0 Å². The lowest BCUT2D eigenvalue weighted by molar-refractivity contribution is 0.794. The highest BCUT2D eigenvalue weighted by atomic mass is 32.1. The number of hydrogen-bond acceptors (Lipinski definition) is 2. The standard InChI is InChI=1S/C66H41NS/c1-4-27-60-54(23-1)55-24-2-5-28-61(55)66(60)62-29-6-3-25-56(62)59-40-52(31-33-63(59)66)50-21-10-19-48(38-50)46-17-8-15-44(36-46)42-13-7-14-43(35-42)45-16-9-18-47(37-45)49-20-11-22-51(39-49)53-30-32-57-58-26-12-34-67-65(58)68-64(57)41-53/h1-41H. The zero-order chi connectivity index (χ0) is 44.8. The molecule has 0 bridgehead atoms. The third-order valence-electron chi connectivity index (χ3n) is 14.6. The minimum absolute atomic E-state index is 0.332. The van der Waals surface area contributed by atoms with E-state index in [4.69, 9.17) is 0 Å². The quantitative estimate of drug-likeness (QED) is 0.162. The molecule has 0 saturated heterocycles. The Morgan fingerprint density at radius 2 is 0.632 bits per heavy atom. The molecule has 1 nitrogen and oxygen atoms in total. The van der Waals surface area contributed by atoms with Crippen LogP contribution in [0.1, 0.15) is 22.3 Å². The van der Waals surface area contributed by atoms with Crippen LogP contribution in [0.5, 0.6) is 0 Å². The Kier molecular flexibility index (Phi) is 8.74. The van der Waals surface area contributed by atoms with Gasteiger partial charge in [-0.15, -0.1) is 11.3 Å². The van der Waals surface area contributed by atoms with Gasteiger partial charge >= 0.3 is 0 Å². The molecule has 2 heteroatoms. The number of fused-ring (bicyclic) bond motifs is 13. The van der Waals surface area contributed by atoms with Crippen LogP contribution >= 0.6 is 11.3 Å². The Morgan fingerprint density at radius 3 is 1.09 bits per heavy atom. The highest BCUT2D eigenvalue weighted by Crippen LogP contribution is 2.63. The van der Waals surface area contributed by atoms with Gasteiger partial charge < -0.3 is 0 Å². The van der Waals surface area contributed by atoms with Gasteiger partial charge in [0.15, 0.2) is 0 Å². The number of pyridine rings is 1. The predicted octanol–water partition coefficient (Wildman–Crippen LogP) is 17.8. The summed E-state index contributed by atoms with van der Waals surface area (Å²) in [6.07, 6.45) is 1.88. The largest absolute Gasteiger partial charge is 0.245 e. The van der Waals surface area contributed by atoms with Gasteiger partial charge in [0.1, 0.15) is 4.83 Å². The van der Waals surface area contributed by atoms with Crippen molar-refractivity contribution in [2.75, 3.05) is 0 Å². The van der Waals surface area contributed by atoms with Crippen LogP contribution in [-0.4, -0.2) is 4.98 Å². The molecule has 0 radical (unpaired) electrons. The molecule has 2 aliphatic carbocycles. The van der Waals surface area contributed by atoms with Crippen LogP contribution < -0.4 is 0 Å². The lowest BCUT2D eigenvalue weighted by atomic mass is 9.70. The van der Waals surface area contributed by atoms with Crippen LogP contribution in [0.25, 0.3) is 109 Å². The maximum atomic E-state index is 4.61. The zero-order valence-corrected chi connectivity index (χ0v) is 37.8. The van der Waals surface area contributed by atoms with E-state index >= 15 is 0 Å².